The molecule has 0 spiro atoms. The van der Waals surface area contributed by atoms with Crippen molar-refractivity contribution in [1.29, 1.82) is 0 Å². The molecule has 1 atom stereocenters. The van der Waals surface area contributed by atoms with E-state index in [0.29, 0.717) is 11.3 Å². The number of halogens is 1. The SMILES string of the molecule is COc1ccc(F)c(OC)c1C(N)CNC(=O)OC(C)(C)C. The van der Waals surface area contributed by atoms with Gasteiger partial charge in [-0.15, -0.1) is 0 Å². The molecule has 1 aromatic rings. The zero-order valence-corrected chi connectivity index (χ0v) is 13.5. The van der Waals surface area contributed by atoms with E-state index in [4.69, 9.17) is 19.9 Å². The molecule has 0 aromatic heterocycles. The minimum atomic E-state index is -0.715. The summed E-state index contributed by atoms with van der Waals surface area (Å²) >= 11 is 0. The van der Waals surface area contributed by atoms with Crippen LogP contribution in [0.2, 0.25) is 0 Å². The van der Waals surface area contributed by atoms with Gasteiger partial charge in [-0.2, -0.15) is 0 Å². The van der Waals surface area contributed by atoms with Crippen LogP contribution in [0.1, 0.15) is 32.4 Å². The van der Waals surface area contributed by atoms with Gasteiger partial charge in [-0.25, -0.2) is 9.18 Å². The first-order chi connectivity index (χ1) is 10.2. The Morgan fingerprint density at radius 1 is 1.32 bits per heavy atom. The fraction of sp³-hybridized carbons (Fsp3) is 0.533. The normalized spacial score (nSPS) is 12.5. The summed E-state index contributed by atoms with van der Waals surface area (Å²) in [5, 5.41) is 2.54. The standard InChI is InChI=1S/C15H23FN2O4/c1-15(2,3)22-14(19)18-8-10(17)12-11(20-4)7-6-9(16)13(12)21-5/h6-7,10H,8,17H2,1-5H3,(H,18,19). The second kappa shape index (κ2) is 7.31. The van der Waals surface area contributed by atoms with Gasteiger partial charge in [0.25, 0.3) is 0 Å². The van der Waals surface area contributed by atoms with Gasteiger partial charge in [-0.3, -0.25) is 0 Å². The number of carbonyl (C=O) groups excluding carboxylic acids is 1. The second-order valence-electron chi connectivity index (χ2n) is 5.69. The first-order valence-corrected chi connectivity index (χ1v) is 6.82. The van der Waals surface area contributed by atoms with E-state index in [9.17, 15) is 9.18 Å². The Labute approximate surface area is 129 Å². The van der Waals surface area contributed by atoms with Crippen molar-refractivity contribution in [2.45, 2.75) is 32.4 Å². The van der Waals surface area contributed by atoms with Crippen molar-refractivity contribution in [3.8, 4) is 11.5 Å². The van der Waals surface area contributed by atoms with E-state index >= 15 is 0 Å². The summed E-state index contributed by atoms with van der Waals surface area (Å²) in [6, 6.07) is 1.98. The number of carbonyl (C=O) groups is 1. The molecule has 1 unspecified atom stereocenters. The lowest BCUT2D eigenvalue weighted by molar-refractivity contribution is 0.0524. The first kappa shape index (κ1) is 18.0. The lowest BCUT2D eigenvalue weighted by Crippen LogP contribution is -2.36. The van der Waals surface area contributed by atoms with Gasteiger partial charge in [0.1, 0.15) is 11.4 Å². The number of methoxy groups -OCH3 is 2. The molecule has 0 bridgehead atoms. The predicted molar refractivity (Wildman–Crippen MR) is 80.7 cm³/mol. The van der Waals surface area contributed by atoms with Gasteiger partial charge in [0.05, 0.1) is 25.8 Å². The van der Waals surface area contributed by atoms with Crippen molar-refractivity contribution >= 4 is 6.09 Å². The molecule has 0 aliphatic carbocycles. The van der Waals surface area contributed by atoms with Crippen LogP contribution < -0.4 is 20.5 Å². The number of nitrogens with two attached hydrogens (primary N) is 1. The molecule has 0 heterocycles. The lowest BCUT2D eigenvalue weighted by Gasteiger charge is -2.22. The number of hydrogen-bond donors (Lipinski definition) is 2. The Balaban J connectivity index is 2.87. The van der Waals surface area contributed by atoms with Crippen molar-refractivity contribution in [3.63, 3.8) is 0 Å². The van der Waals surface area contributed by atoms with Crippen molar-refractivity contribution in [2.24, 2.45) is 5.73 Å². The van der Waals surface area contributed by atoms with E-state index in [0.717, 1.165) is 0 Å². The summed E-state index contributed by atoms with van der Waals surface area (Å²) in [5.41, 5.74) is 5.77. The van der Waals surface area contributed by atoms with Gasteiger partial charge in [0, 0.05) is 6.54 Å². The maximum atomic E-state index is 13.8. The number of amides is 1. The maximum absolute atomic E-state index is 13.8. The minimum absolute atomic E-state index is 0.00200. The largest absolute Gasteiger partial charge is 0.496 e. The Kier molecular flexibility index (Phi) is 5.99. The summed E-state index contributed by atoms with van der Waals surface area (Å²) in [4.78, 5) is 11.6. The average Bonchev–Trinajstić information content (AvgIpc) is 2.42. The van der Waals surface area contributed by atoms with Crippen LogP contribution in [0.15, 0.2) is 12.1 Å². The van der Waals surface area contributed by atoms with Gasteiger partial charge >= 0.3 is 6.09 Å². The number of benzene rings is 1. The molecule has 0 radical (unpaired) electrons. The molecule has 6 nitrogen and oxygen atoms in total. The third-order valence-electron chi connectivity index (χ3n) is 2.77. The molecule has 0 aliphatic rings. The van der Waals surface area contributed by atoms with Gasteiger partial charge in [0.2, 0.25) is 0 Å². The van der Waals surface area contributed by atoms with Crippen LogP contribution in [0, 0.1) is 5.82 Å². The molecular formula is C15H23FN2O4. The minimum Gasteiger partial charge on any atom is -0.496 e. The van der Waals surface area contributed by atoms with Crippen LogP contribution in [-0.4, -0.2) is 32.5 Å². The summed E-state index contributed by atoms with van der Waals surface area (Å²) in [5.74, 6) is -0.166. The van der Waals surface area contributed by atoms with Crippen LogP contribution in [0.4, 0.5) is 9.18 Å². The number of ether oxygens (including phenoxy) is 3. The van der Waals surface area contributed by atoms with Gasteiger partial charge in [-0.05, 0) is 32.9 Å². The predicted octanol–water partition coefficient (Wildman–Crippen LogP) is 2.37. The fourth-order valence-electron chi connectivity index (χ4n) is 1.90. The smallest absolute Gasteiger partial charge is 0.407 e. The number of nitrogens with one attached hydrogen (secondary N) is 1. The Bertz CT molecular complexity index is 529. The summed E-state index contributed by atoms with van der Waals surface area (Å²) in [7, 11) is 2.79. The van der Waals surface area contributed by atoms with Crippen LogP contribution in [0.25, 0.3) is 0 Å². The molecule has 1 rings (SSSR count). The molecule has 124 valence electrons. The molecule has 0 aliphatic heterocycles. The zero-order chi connectivity index (χ0) is 16.9. The van der Waals surface area contributed by atoms with Gasteiger partial charge in [0.15, 0.2) is 11.6 Å². The van der Waals surface area contributed by atoms with Crippen molar-refractivity contribution in [3.05, 3.63) is 23.5 Å². The van der Waals surface area contributed by atoms with E-state index in [1.807, 2.05) is 0 Å². The Morgan fingerprint density at radius 2 is 1.95 bits per heavy atom. The number of hydrogen-bond acceptors (Lipinski definition) is 5. The van der Waals surface area contributed by atoms with E-state index < -0.39 is 23.6 Å². The first-order valence-electron chi connectivity index (χ1n) is 6.82. The summed E-state index contributed by atoms with van der Waals surface area (Å²) < 4.78 is 29.1. The lowest BCUT2D eigenvalue weighted by atomic mass is 10.0. The van der Waals surface area contributed by atoms with Crippen LogP contribution in [-0.2, 0) is 4.74 Å². The number of alkyl carbamates (subject to hydrolysis) is 1. The third-order valence-corrected chi connectivity index (χ3v) is 2.77. The fourth-order valence-corrected chi connectivity index (χ4v) is 1.90. The third kappa shape index (κ3) is 4.77. The van der Waals surface area contributed by atoms with E-state index in [2.05, 4.69) is 5.32 Å². The molecule has 1 amide bonds. The molecule has 22 heavy (non-hydrogen) atoms. The van der Waals surface area contributed by atoms with Crippen LogP contribution in [0.3, 0.4) is 0 Å². The van der Waals surface area contributed by atoms with E-state index in [1.165, 1.54) is 26.4 Å². The van der Waals surface area contributed by atoms with Gasteiger partial charge in [-0.1, -0.05) is 0 Å². The average molecular weight is 314 g/mol. The number of rotatable bonds is 5. The van der Waals surface area contributed by atoms with Crippen LogP contribution in [0.5, 0.6) is 11.5 Å². The monoisotopic (exact) mass is 314 g/mol. The molecule has 0 saturated heterocycles. The van der Waals surface area contributed by atoms with E-state index in [-0.39, 0.29) is 12.3 Å². The molecule has 1 aromatic carbocycles. The second-order valence-corrected chi connectivity index (χ2v) is 5.69. The topological polar surface area (TPSA) is 82.8 Å². The zero-order valence-electron chi connectivity index (χ0n) is 13.5. The highest BCUT2D eigenvalue weighted by Crippen LogP contribution is 2.35. The van der Waals surface area contributed by atoms with Crippen molar-refractivity contribution in [2.75, 3.05) is 20.8 Å². The Morgan fingerprint density at radius 3 is 2.45 bits per heavy atom. The molecule has 0 saturated carbocycles. The van der Waals surface area contributed by atoms with Gasteiger partial charge < -0.3 is 25.3 Å². The van der Waals surface area contributed by atoms with Crippen LogP contribution >= 0.6 is 0 Å². The van der Waals surface area contributed by atoms with Crippen molar-refractivity contribution in [1.82, 2.24) is 5.32 Å². The highest BCUT2D eigenvalue weighted by molar-refractivity contribution is 5.67. The molecule has 3 N–H and O–H groups in total. The molecule has 7 heteroatoms. The molecular weight excluding hydrogens is 291 g/mol. The van der Waals surface area contributed by atoms with Crippen molar-refractivity contribution < 1.29 is 23.4 Å². The summed E-state index contributed by atoms with van der Waals surface area (Å²) in [6.07, 6.45) is -0.600. The molecule has 0 fully saturated rings. The van der Waals surface area contributed by atoms with E-state index in [1.54, 1.807) is 20.8 Å². The summed E-state index contributed by atoms with van der Waals surface area (Å²) in [6.45, 7) is 5.31. The Hall–Kier alpha value is -2.02. The maximum Gasteiger partial charge on any atom is 0.407 e. The highest BCUT2D eigenvalue weighted by Gasteiger charge is 2.23. The quantitative estimate of drug-likeness (QED) is 0.872. The highest BCUT2D eigenvalue weighted by atomic mass is 19.1.